The van der Waals surface area contributed by atoms with Gasteiger partial charge in [0.1, 0.15) is 0 Å². The number of ether oxygens (including phenoxy) is 1. The first-order valence-electron chi connectivity index (χ1n) is 3.79. The second kappa shape index (κ2) is 2.95. The van der Waals surface area contributed by atoms with Gasteiger partial charge in [-0.3, -0.25) is 0 Å². The van der Waals surface area contributed by atoms with Gasteiger partial charge in [0, 0.05) is 13.5 Å². The maximum absolute atomic E-state index is 5.16. The van der Waals surface area contributed by atoms with E-state index in [0.29, 0.717) is 17.7 Å². The fourth-order valence-corrected chi connectivity index (χ4v) is 0.958. The van der Waals surface area contributed by atoms with Crippen molar-refractivity contribution < 1.29 is 4.74 Å². The maximum Gasteiger partial charge on any atom is 0.211 e. The Bertz CT molecular complexity index is 196. The average Bonchev–Trinajstić information content (AvgIpc) is 2.09. The van der Waals surface area contributed by atoms with Gasteiger partial charge < -0.3 is 4.74 Å². The van der Waals surface area contributed by atoms with E-state index in [1.165, 1.54) is 0 Å². The molecule has 3 nitrogen and oxygen atoms in total. The third-order valence-corrected chi connectivity index (χ3v) is 1.35. The minimum absolute atomic E-state index is 0.574. The molecule has 0 aromatic heterocycles. The van der Waals surface area contributed by atoms with Crippen LogP contribution in [0.2, 0.25) is 0 Å². The van der Waals surface area contributed by atoms with Gasteiger partial charge in [0.25, 0.3) is 0 Å². The zero-order valence-electron chi connectivity index (χ0n) is 7.29. The van der Waals surface area contributed by atoms with Gasteiger partial charge in [-0.2, -0.15) is 0 Å². The molecule has 1 aliphatic heterocycles. The lowest BCUT2D eigenvalue weighted by Gasteiger charge is -2.14. The Kier molecular flexibility index (Phi) is 2.17. The molecule has 0 bridgehead atoms. The van der Waals surface area contributed by atoms with Crippen LogP contribution < -0.4 is 0 Å². The Morgan fingerprint density at radius 1 is 1.64 bits per heavy atom. The van der Waals surface area contributed by atoms with Gasteiger partial charge in [-0.05, 0) is 12.5 Å². The minimum atomic E-state index is 0.574. The second-order valence-corrected chi connectivity index (χ2v) is 3.09. The van der Waals surface area contributed by atoms with Crippen molar-refractivity contribution in [1.29, 1.82) is 0 Å². The molecule has 1 aliphatic rings. The average molecular weight is 154 g/mol. The summed E-state index contributed by atoms with van der Waals surface area (Å²) in [5.74, 6) is 1.89. The van der Waals surface area contributed by atoms with Crippen molar-refractivity contribution in [2.45, 2.75) is 20.8 Å². The summed E-state index contributed by atoms with van der Waals surface area (Å²) in [5, 5.41) is 5.93. The Hall–Kier alpha value is -0.990. The quantitative estimate of drug-likeness (QED) is 0.605. The van der Waals surface area contributed by atoms with Crippen LogP contribution in [0.5, 0.6) is 0 Å². The van der Waals surface area contributed by atoms with Crippen molar-refractivity contribution in [3.8, 4) is 0 Å². The van der Waals surface area contributed by atoms with E-state index in [4.69, 9.17) is 4.74 Å². The number of hydrazone groups is 1. The van der Waals surface area contributed by atoms with Gasteiger partial charge in [0.05, 0.1) is 0 Å². The summed E-state index contributed by atoms with van der Waals surface area (Å²) in [6, 6.07) is 0. The largest absolute Gasteiger partial charge is 0.424 e. The smallest absolute Gasteiger partial charge is 0.211 e. The first kappa shape index (κ1) is 8.11. The van der Waals surface area contributed by atoms with Crippen molar-refractivity contribution in [3.63, 3.8) is 0 Å². The normalized spacial score (nSPS) is 17.3. The summed E-state index contributed by atoms with van der Waals surface area (Å²) in [6.45, 7) is 10.7. The highest BCUT2D eigenvalue weighted by Crippen LogP contribution is 2.15. The predicted molar refractivity (Wildman–Crippen MR) is 44.9 cm³/mol. The Morgan fingerprint density at radius 2 is 2.27 bits per heavy atom. The third-order valence-electron chi connectivity index (χ3n) is 1.35. The Balaban J connectivity index is 2.52. The molecular weight excluding hydrogens is 140 g/mol. The topological polar surface area (TPSA) is 24.8 Å². The molecule has 11 heavy (non-hydrogen) atoms. The molecule has 0 N–H and O–H groups in total. The molecular formula is C8H14N2O. The molecule has 62 valence electrons. The first-order chi connectivity index (χ1) is 5.09. The van der Waals surface area contributed by atoms with Crippen molar-refractivity contribution in [2.75, 3.05) is 6.54 Å². The van der Waals surface area contributed by atoms with Crippen molar-refractivity contribution in [3.05, 3.63) is 12.5 Å². The fraction of sp³-hybridized carbons (Fsp3) is 0.625. The zero-order valence-corrected chi connectivity index (χ0v) is 7.29. The molecule has 0 aromatic rings. The highest BCUT2D eigenvalue weighted by atomic mass is 16.5. The second-order valence-electron chi connectivity index (χ2n) is 3.09. The van der Waals surface area contributed by atoms with E-state index in [-0.39, 0.29) is 0 Å². The Labute approximate surface area is 67.3 Å². The van der Waals surface area contributed by atoms with Gasteiger partial charge >= 0.3 is 0 Å². The maximum atomic E-state index is 5.16. The molecule has 0 atom stereocenters. The van der Waals surface area contributed by atoms with Gasteiger partial charge in [-0.1, -0.05) is 13.8 Å². The molecule has 0 spiro atoms. The molecule has 0 aliphatic carbocycles. The van der Waals surface area contributed by atoms with Gasteiger partial charge in [-0.25, -0.2) is 5.01 Å². The highest BCUT2D eigenvalue weighted by molar-refractivity contribution is 5.75. The van der Waals surface area contributed by atoms with E-state index >= 15 is 0 Å². The molecule has 3 heteroatoms. The monoisotopic (exact) mass is 154 g/mol. The van der Waals surface area contributed by atoms with Gasteiger partial charge in [-0.15, -0.1) is 5.10 Å². The van der Waals surface area contributed by atoms with Gasteiger partial charge in [0.2, 0.25) is 11.8 Å². The summed E-state index contributed by atoms with van der Waals surface area (Å²) in [6.07, 6.45) is 0. The molecule has 0 aromatic carbocycles. The standard InChI is InChI=1S/C8H14N2O/c1-6(2)5-10-8(4)11-7(3)9-10/h6H,4-5H2,1-3H3. The molecule has 1 rings (SSSR count). The lowest BCUT2D eigenvalue weighted by molar-refractivity contribution is 0.246. The van der Waals surface area contributed by atoms with Crippen molar-refractivity contribution >= 4 is 5.90 Å². The number of hydrogen-bond donors (Lipinski definition) is 0. The van der Waals surface area contributed by atoms with Crippen LogP contribution in [0.1, 0.15) is 20.8 Å². The zero-order chi connectivity index (χ0) is 8.43. The lowest BCUT2D eigenvalue weighted by atomic mass is 10.2. The molecule has 0 amide bonds. The molecule has 0 radical (unpaired) electrons. The van der Waals surface area contributed by atoms with E-state index in [1.807, 2.05) is 6.92 Å². The van der Waals surface area contributed by atoms with Crippen LogP contribution in [0.3, 0.4) is 0 Å². The van der Waals surface area contributed by atoms with E-state index in [1.54, 1.807) is 5.01 Å². The third kappa shape index (κ3) is 1.97. The van der Waals surface area contributed by atoms with Crippen LogP contribution in [0.25, 0.3) is 0 Å². The first-order valence-corrected chi connectivity index (χ1v) is 3.79. The van der Waals surface area contributed by atoms with Crippen LogP contribution in [-0.4, -0.2) is 17.5 Å². The van der Waals surface area contributed by atoms with Crippen molar-refractivity contribution in [1.82, 2.24) is 5.01 Å². The highest BCUT2D eigenvalue weighted by Gasteiger charge is 2.17. The fourth-order valence-electron chi connectivity index (χ4n) is 0.958. The number of hydrogen-bond acceptors (Lipinski definition) is 3. The summed E-state index contributed by atoms with van der Waals surface area (Å²) in [7, 11) is 0. The predicted octanol–water partition coefficient (Wildman–Crippen LogP) is 1.78. The minimum Gasteiger partial charge on any atom is -0.424 e. The summed E-state index contributed by atoms with van der Waals surface area (Å²) < 4.78 is 5.16. The molecule has 0 unspecified atom stereocenters. The van der Waals surface area contributed by atoms with Crippen LogP contribution in [0, 0.1) is 5.92 Å². The summed E-state index contributed by atoms with van der Waals surface area (Å²) >= 11 is 0. The molecule has 0 saturated carbocycles. The Morgan fingerprint density at radius 3 is 2.64 bits per heavy atom. The molecule has 0 fully saturated rings. The van der Waals surface area contributed by atoms with Crippen molar-refractivity contribution in [2.24, 2.45) is 11.0 Å². The van der Waals surface area contributed by atoms with Crippen LogP contribution in [0.4, 0.5) is 0 Å². The van der Waals surface area contributed by atoms with E-state index in [9.17, 15) is 0 Å². The summed E-state index contributed by atoms with van der Waals surface area (Å²) in [5.41, 5.74) is 0. The van der Waals surface area contributed by atoms with Gasteiger partial charge in [0.15, 0.2) is 0 Å². The molecule has 0 saturated heterocycles. The lowest BCUT2D eigenvalue weighted by Crippen LogP contribution is -2.18. The van der Waals surface area contributed by atoms with E-state index in [2.05, 4.69) is 25.5 Å². The van der Waals surface area contributed by atoms with E-state index < -0.39 is 0 Å². The van der Waals surface area contributed by atoms with Crippen LogP contribution in [-0.2, 0) is 4.74 Å². The van der Waals surface area contributed by atoms with Crippen LogP contribution in [0.15, 0.2) is 17.6 Å². The number of nitrogens with zero attached hydrogens (tertiary/aromatic N) is 2. The molecule has 1 heterocycles. The van der Waals surface area contributed by atoms with E-state index in [0.717, 1.165) is 6.54 Å². The van der Waals surface area contributed by atoms with Crippen LogP contribution >= 0.6 is 0 Å². The summed E-state index contributed by atoms with van der Waals surface area (Å²) in [4.78, 5) is 0. The SMILES string of the molecule is C=C1OC(C)=NN1CC(C)C. The number of rotatable bonds is 2.